The smallest absolute Gasteiger partial charge is 0.416 e. The quantitative estimate of drug-likeness (QED) is 0.724. The highest BCUT2D eigenvalue weighted by Gasteiger charge is 2.36. The maximum atomic E-state index is 12.7. The number of imide groups is 1. The summed E-state index contributed by atoms with van der Waals surface area (Å²) in [5.74, 6) is 0.0392. The van der Waals surface area contributed by atoms with Crippen LogP contribution in [0, 0.1) is 11.8 Å². The van der Waals surface area contributed by atoms with E-state index in [9.17, 15) is 9.59 Å². The van der Waals surface area contributed by atoms with Crippen LogP contribution in [0.5, 0.6) is 0 Å². The van der Waals surface area contributed by atoms with Gasteiger partial charge in [0.15, 0.2) is 0 Å². The lowest BCUT2D eigenvalue weighted by atomic mass is 9.83. The summed E-state index contributed by atoms with van der Waals surface area (Å²) >= 11 is 0. The van der Waals surface area contributed by atoms with E-state index in [0.29, 0.717) is 12.5 Å². The summed E-state index contributed by atoms with van der Waals surface area (Å²) in [7, 11) is 0. The van der Waals surface area contributed by atoms with E-state index in [1.807, 2.05) is 27.7 Å². The van der Waals surface area contributed by atoms with E-state index in [0.717, 1.165) is 38.5 Å². The Balaban J connectivity index is 2.85. The molecule has 1 aliphatic rings. The first-order valence-electron chi connectivity index (χ1n) is 9.15. The molecule has 0 aromatic rings. The first-order valence-corrected chi connectivity index (χ1v) is 9.15. The van der Waals surface area contributed by atoms with E-state index in [-0.39, 0.29) is 17.9 Å². The summed E-state index contributed by atoms with van der Waals surface area (Å²) in [5, 5.41) is 0. The molecule has 0 aromatic heterocycles. The number of amides is 2. The number of ether oxygens (including phenoxy) is 1. The van der Waals surface area contributed by atoms with Crippen molar-refractivity contribution in [2.45, 2.75) is 84.7 Å². The molecule has 0 radical (unpaired) electrons. The average molecular weight is 326 g/mol. The summed E-state index contributed by atoms with van der Waals surface area (Å²) in [5.41, 5.74) is 6.02. The standard InChI is InChI=1S/C18H34N2O3/c1-5-6-12-23-18(22)20(17(21)16(19)13(2)3)14(4)15-10-8-7-9-11-15/h13-16H,5-12,19H2,1-4H3/t14-,16-/m0/s1. The van der Waals surface area contributed by atoms with Crippen LogP contribution >= 0.6 is 0 Å². The third-order valence-corrected chi connectivity index (χ3v) is 4.90. The maximum absolute atomic E-state index is 12.7. The van der Waals surface area contributed by atoms with Gasteiger partial charge in [-0.1, -0.05) is 46.5 Å². The Morgan fingerprint density at radius 2 is 1.78 bits per heavy atom. The van der Waals surface area contributed by atoms with Crippen LogP contribution in [0.25, 0.3) is 0 Å². The second-order valence-corrected chi connectivity index (χ2v) is 7.08. The van der Waals surface area contributed by atoms with Crippen LogP contribution in [0.15, 0.2) is 0 Å². The second kappa shape index (κ2) is 9.91. The van der Waals surface area contributed by atoms with Crippen molar-refractivity contribution in [1.29, 1.82) is 0 Å². The van der Waals surface area contributed by atoms with Gasteiger partial charge in [-0.25, -0.2) is 9.69 Å². The lowest BCUT2D eigenvalue weighted by Crippen LogP contribution is -2.54. The van der Waals surface area contributed by atoms with E-state index in [4.69, 9.17) is 10.5 Å². The van der Waals surface area contributed by atoms with E-state index in [2.05, 4.69) is 0 Å². The highest BCUT2D eigenvalue weighted by atomic mass is 16.6. The lowest BCUT2D eigenvalue weighted by molar-refractivity contribution is -0.134. The number of nitrogens with two attached hydrogens (primary N) is 1. The Labute approximate surface area is 140 Å². The van der Waals surface area contributed by atoms with Gasteiger partial charge < -0.3 is 10.5 Å². The van der Waals surface area contributed by atoms with Crippen molar-refractivity contribution in [2.75, 3.05) is 6.61 Å². The van der Waals surface area contributed by atoms with Gasteiger partial charge in [0.05, 0.1) is 12.6 Å². The molecule has 5 nitrogen and oxygen atoms in total. The van der Waals surface area contributed by atoms with E-state index in [1.54, 1.807) is 0 Å². The number of unbranched alkanes of at least 4 members (excludes halogenated alkanes) is 1. The van der Waals surface area contributed by atoms with Gasteiger partial charge in [-0.05, 0) is 38.0 Å². The molecule has 23 heavy (non-hydrogen) atoms. The van der Waals surface area contributed by atoms with Gasteiger partial charge in [0.25, 0.3) is 0 Å². The molecule has 1 saturated carbocycles. The van der Waals surface area contributed by atoms with Crippen molar-refractivity contribution < 1.29 is 14.3 Å². The van der Waals surface area contributed by atoms with Crippen LogP contribution in [0.1, 0.15) is 72.6 Å². The molecule has 5 heteroatoms. The molecule has 1 rings (SSSR count). The molecule has 2 N–H and O–H groups in total. The third-order valence-electron chi connectivity index (χ3n) is 4.90. The topological polar surface area (TPSA) is 72.6 Å². The Morgan fingerprint density at radius 1 is 1.17 bits per heavy atom. The molecule has 0 aliphatic heterocycles. The van der Waals surface area contributed by atoms with Gasteiger partial charge >= 0.3 is 6.09 Å². The molecule has 134 valence electrons. The fourth-order valence-corrected chi connectivity index (χ4v) is 3.10. The highest BCUT2D eigenvalue weighted by Crippen LogP contribution is 2.29. The number of nitrogens with zero attached hydrogens (tertiary/aromatic N) is 1. The largest absolute Gasteiger partial charge is 0.449 e. The molecule has 0 heterocycles. The first kappa shape index (κ1) is 19.9. The van der Waals surface area contributed by atoms with Crippen LogP contribution in [0.2, 0.25) is 0 Å². The van der Waals surface area contributed by atoms with E-state index in [1.165, 1.54) is 11.3 Å². The van der Waals surface area contributed by atoms with Crippen molar-refractivity contribution in [3.63, 3.8) is 0 Å². The second-order valence-electron chi connectivity index (χ2n) is 7.08. The van der Waals surface area contributed by atoms with Gasteiger partial charge in [-0.2, -0.15) is 0 Å². The molecule has 1 aliphatic carbocycles. The summed E-state index contributed by atoms with van der Waals surface area (Å²) in [6, 6.07) is -0.818. The molecule has 0 unspecified atom stereocenters. The molecule has 1 fully saturated rings. The van der Waals surface area contributed by atoms with Gasteiger partial charge in [0.2, 0.25) is 5.91 Å². The van der Waals surface area contributed by atoms with Crippen LogP contribution in [-0.2, 0) is 9.53 Å². The summed E-state index contributed by atoms with van der Waals surface area (Å²) in [6.07, 6.45) is 6.92. The monoisotopic (exact) mass is 326 g/mol. The summed E-state index contributed by atoms with van der Waals surface area (Å²) in [4.78, 5) is 26.5. The predicted molar refractivity (Wildman–Crippen MR) is 92.0 cm³/mol. The Kier molecular flexibility index (Phi) is 8.59. The van der Waals surface area contributed by atoms with Gasteiger partial charge in [-0.3, -0.25) is 4.79 Å². The first-order chi connectivity index (χ1) is 10.9. The van der Waals surface area contributed by atoms with E-state index < -0.39 is 12.1 Å². The average Bonchev–Trinajstić information content (AvgIpc) is 2.55. The van der Waals surface area contributed by atoms with Crippen LogP contribution in [0.4, 0.5) is 4.79 Å². The molecule has 0 spiro atoms. The van der Waals surface area contributed by atoms with Crippen LogP contribution in [-0.4, -0.2) is 35.6 Å². The summed E-state index contributed by atoms with van der Waals surface area (Å²) in [6.45, 7) is 8.15. The van der Waals surface area contributed by atoms with Crippen molar-refractivity contribution in [1.82, 2.24) is 4.90 Å². The normalized spacial score (nSPS) is 18.5. The molecule has 2 atom stereocenters. The van der Waals surface area contributed by atoms with Gasteiger partial charge in [-0.15, -0.1) is 0 Å². The zero-order chi connectivity index (χ0) is 17.4. The molecule has 0 saturated heterocycles. The number of carbonyl (C=O) groups is 2. The zero-order valence-electron chi connectivity index (χ0n) is 15.2. The SMILES string of the molecule is CCCCOC(=O)N(C(=O)[C@@H](N)C(C)C)[C@@H](C)C1CCCCC1. The highest BCUT2D eigenvalue weighted by molar-refractivity contribution is 5.95. The number of carbonyl (C=O) groups excluding carboxylic acids is 2. The van der Waals surface area contributed by atoms with Crippen molar-refractivity contribution in [3.8, 4) is 0 Å². The van der Waals surface area contributed by atoms with Crippen LogP contribution < -0.4 is 5.73 Å². The Morgan fingerprint density at radius 3 is 2.30 bits per heavy atom. The predicted octanol–water partition coefficient (Wildman–Crippen LogP) is 3.70. The third kappa shape index (κ3) is 5.79. The Hall–Kier alpha value is -1.10. The minimum atomic E-state index is -0.667. The number of hydrogen-bond donors (Lipinski definition) is 1. The van der Waals surface area contributed by atoms with E-state index >= 15 is 0 Å². The minimum Gasteiger partial charge on any atom is -0.449 e. The maximum Gasteiger partial charge on any atom is 0.416 e. The van der Waals surface area contributed by atoms with Crippen molar-refractivity contribution >= 4 is 12.0 Å². The molecular weight excluding hydrogens is 292 g/mol. The molecule has 0 aromatic carbocycles. The molecule has 2 amide bonds. The number of hydrogen-bond acceptors (Lipinski definition) is 4. The minimum absolute atomic E-state index is 0.00741. The van der Waals surface area contributed by atoms with Crippen LogP contribution in [0.3, 0.4) is 0 Å². The lowest BCUT2D eigenvalue weighted by Gasteiger charge is -2.36. The van der Waals surface area contributed by atoms with Gasteiger partial charge in [0.1, 0.15) is 0 Å². The fourth-order valence-electron chi connectivity index (χ4n) is 3.10. The zero-order valence-corrected chi connectivity index (χ0v) is 15.2. The molecule has 0 bridgehead atoms. The Bertz CT molecular complexity index is 378. The fraction of sp³-hybridized carbons (Fsp3) is 0.889. The van der Waals surface area contributed by atoms with Crippen molar-refractivity contribution in [2.24, 2.45) is 17.6 Å². The number of rotatable bonds is 7. The molecular formula is C18H34N2O3. The van der Waals surface area contributed by atoms with Crippen molar-refractivity contribution in [3.05, 3.63) is 0 Å². The summed E-state index contributed by atoms with van der Waals surface area (Å²) < 4.78 is 5.32. The van der Waals surface area contributed by atoms with Gasteiger partial charge in [0, 0.05) is 6.04 Å².